The Morgan fingerprint density at radius 1 is 1.15 bits per heavy atom. The topological polar surface area (TPSA) is 12.0 Å². The molecular weight excluding hydrogens is 179 g/mol. The highest BCUT2D eigenvalue weighted by molar-refractivity contribution is 5.46. The van der Waals surface area contributed by atoms with Crippen LogP contribution in [-0.2, 0) is 6.18 Å². The summed E-state index contributed by atoms with van der Waals surface area (Å²) in [6.07, 6.45) is -2.87. The summed E-state index contributed by atoms with van der Waals surface area (Å²) in [5.41, 5.74) is -0.0647. The smallest absolute Gasteiger partial charge is 0.362 e. The van der Waals surface area contributed by atoms with E-state index in [0.29, 0.717) is 5.69 Å². The molecule has 0 heterocycles. The number of halogens is 3. The molecule has 1 nitrogen and oxygen atoms in total. The number of hydrogen-bond donors (Lipinski definition) is 1. The maximum Gasteiger partial charge on any atom is 0.416 e. The molecule has 0 atom stereocenters. The van der Waals surface area contributed by atoms with E-state index in [9.17, 15) is 13.2 Å². The lowest BCUT2D eigenvalue weighted by molar-refractivity contribution is -0.137. The molecule has 13 heavy (non-hydrogen) atoms. The van der Waals surface area contributed by atoms with E-state index in [1.807, 2.05) is 0 Å². The fourth-order valence-corrected chi connectivity index (χ4v) is 0.873. The zero-order valence-electron chi connectivity index (χ0n) is 6.73. The summed E-state index contributed by atoms with van der Waals surface area (Å²) in [5, 5.41) is 2.68. The van der Waals surface area contributed by atoms with E-state index >= 15 is 0 Å². The Kier molecular flexibility index (Phi) is 2.60. The van der Waals surface area contributed by atoms with Gasteiger partial charge in [0, 0.05) is 5.69 Å². The standard InChI is InChI=1S/C9H8F3N/c1-2-13-8-5-3-7(4-6-8)9(10,11)12/h2-6,13H,1H2. The molecule has 1 N–H and O–H groups in total. The number of rotatable bonds is 2. The first-order valence-electron chi connectivity index (χ1n) is 3.59. The summed E-state index contributed by atoms with van der Waals surface area (Å²) in [5.74, 6) is 0. The van der Waals surface area contributed by atoms with Crippen molar-refractivity contribution in [3.8, 4) is 0 Å². The third kappa shape index (κ3) is 2.50. The molecule has 70 valence electrons. The van der Waals surface area contributed by atoms with Crippen molar-refractivity contribution in [2.24, 2.45) is 0 Å². The average molecular weight is 187 g/mol. The first kappa shape index (κ1) is 9.64. The van der Waals surface area contributed by atoms with Crippen molar-refractivity contribution < 1.29 is 13.2 Å². The molecule has 0 amide bonds. The van der Waals surface area contributed by atoms with Crippen LogP contribution in [0.15, 0.2) is 37.0 Å². The van der Waals surface area contributed by atoms with Gasteiger partial charge in [-0.1, -0.05) is 6.58 Å². The van der Waals surface area contributed by atoms with E-state index in [0.717, 1.165) is 12.1 Å². The van der Waals surface area contributed by atoms with Crippen LogP contribution in [0.25, 0.3) is 0 Å². The predicted molar refractivity (Wildman–Crippen MR) is 45.3 cm³/mol. The second-order valence-corrected chi connectivity index (χ2v) is 2.42. The van der Waals surface area contributed by atoms with Gasteiger partial charge in [-0.05, 0) is 30.5 Å². The van der Waals surface area contributed by atoms with Crippen LogP contribution in [0, 0.1) is 0 Å². The van der Waals surface area contributed by atoms with Crippen LogP contribution in [0.4, 0.5) is 18.9 Å². The molecule has 0 fully saturated rings. The second-order valence-electron chi connectivity index (χ2n) is 2.42. The highest BCUT2D eigenvalue weighted by atomic mass is 19.4. The van der Waals surface area contributed by atoms with Gasteiger partial charge in [0.1, 0.15) is 0 Å². The third-order valence-corrected chi connectivity index (χ3v) is 1.48. The fourth-order valence-electron chi connectivity index (χ4n) is 0.873. The lowest BCUT2D eigenvalue weighted by Crippen LogP contribution is -2.04. The molecule has 1 aromatic carbocycles. The summed E-state index contributed by atoms with van der Waals surface area (Å²) in [7, 11) is 0. The van der Waals surface area contributed by atoms with Crippen molar-refractivity contribution in [2.75, 3.05) is 5.32 Å². The molecule has 0 saturated heterocycles. The molecule has 0 saturated carbocycles. The van der Waals surface area contributed by atoms with Gasteiger partial charge in [-0.25, -0.2) is 0 Å². The Balaban J connectivity index is 2.87. The summed E-state index contributed by atoms with van der Waals surface area (Å²) < 4.78 is 36.2. The van der Waals surface area contributed by atoms with Crippen molar-refractivity contribution in [3.63, 3.8) is 0 Å². The zero-order valence-corrected chi connectivity index (χ0v) is 6.73. The molecule has 0 unspecified atom stereocenters. The summed E-state index contributed by atoms with van der Waals surface area (Å²) in [6, 6.07) is 4.74. The normalized spacial score (nSPS) is 11.0. The number of hydrogen-bond acceptors (Lipinski definition) is 1. The van der Waals surface area contributed by atoms with Gasteiger partial charge in [0.05, 0.1) is 5.56 Å². The molecule has 0 radical (unpaired) electrons. The van der Waals surface area contributed by atoms with Gasteiger partial charge in [-0.2, -0.15) is 13.2 Å². The largest absolute Gasteiger partial charge is 0.416 e. The Hall–Kier alpha value is -1.45. The van der Waals surface area contributed by atoms with Crippen molar-refractivity contribution in [1.82, 2.24) is 0 Å². The van der Waals surface area contributed by atoms with Crippen LogP contribution in [0.5, 0.6) is 0 Å². The number of anilines is 1. The molecule has 0 spiro atoms. The van der Waals surface area contributed by atoms with Crippen LogP contribution in [0.3, 0.4) is 0 Å². The number of benzene rings is 1. The van der Waals surface area contributed by atoms with Crippen molar-refractivity contribution in [3.05, 3.63) is 42.6 Å². The molecule has 1 aromatic rings. The van der Waals surface area contributed by atoms with E-state index in [4.69, 9.17) is 0 Å². The van der Waals surface area contributed by atoms with Crippen molar-refractivity contribution in [1.29, 1.82) is 0 Å². The van der Waals surface area contributed by atoms with Gasteiger partial charge in [0.25, 0.3) is 0 Å². The summed E-state index contributed by atoms with van der Waals surface area (Å²) in [4.78, 5) is 0. The first-order chi connectivity index (χ1) is 6.04. The van der Waals surface area contributed by atoms with Gasteiger partial charge in [-0.15, -0.1) is 0 Å². The molecular formula is C9H8F3N. The Morgan fingerprint density at radius 3 is 2.08 bits per heavy atom. The van der Waals surface area contributed by atoms with E-state index in [1.54, 1.807) is 0 Å². The van der Waals surface area contributed by atoms with Crippen molar-refractivity contribution >= 4 is 5.69 Å². The summed E-state index contributed by atoms with van der Waals surface area (Å²) >= 11 is 0. The molecule has 0 aliphatic rings. The van der Waals surface area contributed by atoms with E-state index in [1.165, 1.54) is 18.3 Å². The minimum atomic E-state index is -4.27. The molecule has 0 bridgehead atoms. The highest BCUT2D eigenvalue weighted by Gasteiger charge is 2.29. The minimum Gasteiger partial charge on any atom is -0.362 e. The molecule has 0 aliphatic carbocycles. The van der Waals surface area contributed by atoms with Gasteiger partial charge < -0.3 is 5.32 Å². The van der Waals surface area contributed by atoms with Gasteiger partial charge in [-0.3, -0.25) is 0 Å². The van der Waals surface area contributed by atoms with Crippen LogP contribution in [0.1, 0.15) is 5.56 Å². The van der Waals surface area contributed by atoms with E-state index in [-0.39, 0.29) is 0 Å². The van der Waals surface area contributed by atoms with Gasteiger partial charge in [0.15, 0.2) is 0 Å². The number of alkyl halides is 3. The molecule has 0 aliphatic heterocycles. The highest BCUT2D eigenvalue weighted by Crippen LogP contribution is 2.29. The summed E-state index contributed by atoms with van der Waals surface area (Å²) in [6.45, 7) is 3.39. The molecule has 0 aromatic heterocycles. The van der Waals surface area contributed by atoms with E-state index in [2.05, 4.69) is 11.9 Å². The lowest BCUT2D eigenvalue weighted by atomic mass is 10.2. The molecule has 4 heteroatoms. The van der Waals surface area contributed by atoms with Gasteiger partial charge >= 0.3 is 6.18 Å². The predicted octanol–water partition coefficient (Wildman–Crippen LogP) is 3.26. The van der Waals surface area contributed by atoms with Crippen LogP contribution in [0.2, 0.25) is 0 Å². The van der Waals surface area contributed by atoms with Crippen LogP contribution in [-0.4, -0.2) is 0 Å². The number of nitrogens with one attached hydrogen (secondary N) is 1. The SMILES string of the molecule is C=CNc1ccc(C(F)(F)F)cc1. The fraction of sp³-hybridized carbons (Fsp3) is 0.111. The maximum atomic E-state index is 12.1. The monoisotopic (exact) mass is 187 g/mol. The van der Waals surface area contributed by atoms with Crippen molar-refractivity contribution in [2.45, 2.75) is 6.18 Å². The zero-order chi connectivity index (χ0) is 9.90. The lowest BCUT2D eigenvalue weighted by Gasteiger charge is -2.06. The Morgan fingerprint density at radius 2 is 1.69 bits per heavy atom. The average Bonchev–Trinajstić information content (AvgIpc) is 2.04. The second kappa shape index (κ2) is 3.51. The first-order valence-corrected chi connectivity index (χ1v) is 3.59. The van der Waals surface area contributed by atoms with Gasteiger partial charge in [0.2, 0.25) is 0 Å². The van der Waals surface area contributed by atoms with E-state index < -0.39 is 11.7 Å². The third-order valence-electron chi connectivity index (χ3n) is 1.48. The maximum absolute atomic E-state index is 12.1. The minimum absolute atomic E-state index is 0.586. The van der Waals surface area contributed by atoms with Crippen LogP contribution < -0.4 is 5.32 Å². The Bertz CT molecular complexity index is 287. The van der Waals surface area contributed by atoms with Crippen LogP contribution >= 0.6 is 0 Å². The molecule has 1 rings (SSSR count). The quantitative estimate of drug-likeness (QED) is 0.749. The Labute approximate surface area is 73.9 Å².